The molecule has 8 heteroatoms. The van der Waals surface area contributed by atoms with Crippen molar-refractivity contribution in [3.05, 3.63) is 29.3 Å². The van der Waals surface area contributed by atoms with Gasteiger partial charge < -0.3 is 4.74 Å². The average molecular weight is 337 g/mol. The first-order valence-electron chi connectivity index (χ1n) is 6.29. The minimum Gasteiger partial charge on any atom is -0.379 e. The topological polar surface area (TPSA) is 58.6 Å². The summed E-state index contributed by atoms with van der Waals surface area (Å²) in [6, 6.07) is 7.48. The van der Waals surface area contributed by atoms with E-state index in [0.717, 1.165) is 4.90 Å². The highest BCUT2D eigenvalue weighted by Gasteiger charge is 2.23. The number of morpholine rings is 1. The van der Waals surface area contributed by atoms with Crippen molar-refractivity contribution in [3.8, 4) is 0 Å². The molecule has 0 radical (unpaired) electrons. The highest BCUT2D eigenvalue weighted by molar-refractivity contribution is 7.99. The first-order chi connectivity index (χ1) is 9.58. The van der Waals surface area contributed by atoms with E-state index < -0.39 is 10.2 Å². The summed E-state index contributed by atoms with van der Waals surface area (Å²) in [6.07, 6.45) is 0. The van der Waals surface area contributed by atoms with Gasteiger partial charge in [-0.15, -0.1) is 11.8 Å². The van der Waals surface area contributed by atoms with E-state index in [1.165, 1.54) is 4.31 Å². The van der Waals surface area contributed by atoms with E-state index >= 15 is 0 Å². The van der Waals surface area contributed by atoms with E-state index in [4.69, 9.17) is 16.3 Å². The van der Waals surface area contributed by atoms with Crippen LogP contribution in [0.15, 0.2) is 29.2 Å². The quantitative estimate of drug-likeness (QED) is 0.633. The van der Waals surface area contributed by atoms with E-state index in [-0.39, 0.29) is 0 Å². The molecule has 0 saturated carbocycles. The molecule has 112 valence electrons. The molecule has 1 aromatic carbocycles. The molecule has 0 atom stereocenters. The summed E-state index contributed by atoms with van der Waals surface area (Å²) < 4.78 is 33.1. The second kappa shape index (κ2) is 7.63. The number of rotatable bonds is 6. The fourth-order valence-corrected chi connectivity index (χ4v) is 3.94. The Bertz CT molecular complexity index is 516. The Morgan fingerprint density at radius 1 is 1.25 bits per heavy atom. The summed E-state index contributed by atoms with van der Waals surface area (Å²) in [6.45, 7) is 2.15. The average Bonchev–Trinajstić information content (AvgIpc) is 2.46. The predicted molar refractivity (Wildman–Crippen MR) is 81.5 cm³/mol. The van der Waals surface area contributed by atoms with Crippen LogP contribution in [0.4, 0.5) is 0 Å². The van der Waals surface area contributed by atoms with Gasteiger partial charge in [-0.25, -0.2) is 4.72 Å². The molecule has 1 aliphatic rings. The molecule has 0 bridgehead atoms. The van der Waals surface area contributed by atoms with Crippen molar-refractivity contribution in [2.24, 2.45) is 0 Å². The van der Waals surface area contributed by atoms with Crippen molar-refractivity contribution >= 4 is 33.6 Å². The Hall–Kier alpha value is -0.310. The van der Waals surface area contributed by atoms with Gasteiger partial charge in [0.1, 0.15) is 0 Å². The van der Waals surface area contributed by atoms with Gasteiger partial charge in [0.15, 0.2) is 0 Å². The summed E-state index contributed by atoms with van der Waals surface area (Å²) in [7, 11) is -3.38. The Morgan fingerprint density at radius 3 is 2.55 bits per heavy atom. The lowest BCUT2D eigenvalue weighted by molar-refractivity contribution is 0.0725. The van der Waals surface area contributed by atoms with Crippen molar-refractivity contribution in [3.63, 3.8) is 0 Å². The smallest absolute Gasteiger partial charge is 0.279 e. The summed E-state index contributed by atoms with van der Waals surface area (Å²) >= 11 is 7.39. The molecule has 1 aromatic rings. The maximum atomic E-state index is 12.0. The zero-order valence-electron chi connectivity index (χ0n) is 10.9. The Balaban J connectivity index is 1.73. The lowest BCUT2D eigenvalue weighted by Crippen LogP contribution is -2.47. The lowest BCUT2D eigenvalue weighted by Gasteiger charge is -2.26. The monoisotopic (exact) mass is 336 g/mol. The minimum atomic E-state index is -3.38. The fraction of sp³-hybridized carbons (Fsp3) is 0.500. The molecule has 1 aliphatic heterocycles. The third-order valence-corrected chi connectivity index (χ3v) is 5.66. The van der Waals surface area contributed by atoms with Gasteiger partial charge >= 0.3 is 0 Å². The van der Waals surface area contributed by atoms with Crippen LogP contribution >= 0.6 is 23.4 Å². The minimum absolute atomic E-state index is 0.396. The van der Waals surface area contributed by atoms with Gasteiger partial charge in [0.2, 0.25) is 0 Å². The largest absolute Gasteiger partial charge is 0.379 e. The number of nitrogens with one attached hydrogen (secondary N) is 1. The van der Waals surface area contributed by atoms with Gasteiger partial charge in [-0.05, 0) is 24.3 Å². The highest BCUT2D eigenvalue weighted by atomic mass is 35.5. The molecule has 0 aromatic heterocycles. The van der Waals surface area contributed by atoms with Crippen LogP contribution in [0.1, 0.15) is 0 Å². The molecule has 0 spiro atoms. The van der Waals surface area contributed by atoms with Gasteiger partial charge in [0.25, 0.3) is 10.2 Å². The molecule has 2 rings (SSSR count). The number of halogens is 1. The standard InChI is InChI=1S/C12H17ClN2O3S2/c13-11-1-3-12(4-2-11)19-10-5-14-20(16,17)15-6-8-18-9-7-15/h1-4,14H,5-10H2. The molecular formula is C12H17ClN2O3S2. The van der Waals surface area contributed by atoms with Gasteiger partial charge in [0.05, 0.1) is 13.2 Å². The Kier molecular flexibility index (Phi) is 6.13. The van der Waals surface area contributed by atoms with Crippen LogP contribution in [0.25, 0.3) is 0 Å². The molecule has 1 fully saturated rings. The normalized spacial score (nSPS) is 17.2. The summed E-state index contributed by atoms with van der Waals surface area (Å²) in [5.74, 6) is 0.672. The van der Waals surface area contributed by atoms with Gasteiger partial charge in [-0.2, -0.15) is 12.7 Å². The Morgan fingerprint density at radius 2 is 1.90 bits per heavy atom. The zero-order valence-corrected chi connectivity index (χ0v) is 13.3. The van der Waals surface area contributed by atoms with Crippen molar-refractivity contribution in [1.82, 2.24) is 9.03 Å². The van der Waals surface area contributed by atoms with Crippen molar-refractivity contribution in [1.29, 1.82) is 0 Å². The second-order valence-electron chi connectivity index (χ2n) is 4.21. The molecule has 5 nitrogen and oxygen atoms in total. The summed E-state index contributed by atoms with van der Waals surface area (Å²) in [4.78, 5) is 1.07. The van der Waals surface area contributed by atoms with Crippen LogP contribution in [0.5, 0.6) is 0 Å². The fourth-order valence-electron chi connectivity index (χ4n) is 1.75. The van der Waals surface area contributed by atoms with Gasteiger partial charge in [-0.1, -0.05) is 11.6 Å². The van der Waals surface area contributed by atoms with Gasteiger partial charge in [0, 0.05) is 35.3 Å². The number of hydrogen-bond acceptors (Lipinski definition) is 4. The Labute approximate surface area is 128 Å². The maximum absolute atomic E-state index is 12.0. The zero-order chi connectivity index (χ0) is 14.4. The number of ether oxygens (including phenoxy) is 1. The highest BCUT2D eigenvalue weighted by Crippen LogP contribution is 2.19. The van der Waals surface area contributed by atoms with Crippen molar-refractivity contribution in [2.75, 3.05) is 38.6 Å². The molecule has 0 unspecified atom stereocenters. The number of nitrogens with zero attached hydrogens (tertiary/aromatic N) is 1. The van der Waals surface area contributed by atoms with E-state index in [0.29, 0.717) is 43.6 Å². The van der Waals surface area contributed by atoms with E-state index in [2.05, 4.69) is 4.72 Å². The van der Waals surface area contributed by atoms with Crippen LogP contribution in [-0.2, 0) is 14.9 Å². The van der Waals surface area contributed by atoms with Crippen molar-refractivity contribution in [2.45, 2.75) is 4.90 Å². The van der Waals surface area contributed by atoms with Crippen LogP contribution in [0, 0.1) is 0 Å². The molecule has 1 N–H and O–H groups in total. The first kappa shape index (κ1) is 16.1. The van der Waals surface area contributed by atoms with Crippen LogP contribution in [0.3, 0.4) is 0 Å². The van der Waals surface area contributed by atoms with Crippen LogP contribution in [0.2, 0.25) is 5.02 Å². The molecule has 20 heavy (non-hydrogen) atoms. The predicted octanol–water partition coefficient (Wildman–Crippen LogP) is 1.60. The third-order valence-electron chi connectivity index (χ3n) is 2.78. The summed E-state index contributed by atoms with van der Waals surface area (Å²) in [5, 5.41) is 0.697. The summed E-state index contributed by atoms with van der Waals surface area (Å²) in [5.41, 5.74) is 0. The van der Waals surface area contributed by atoms with Crippen LogP contribution in [-0.4, -0.2) is 51.3 Å². The number of hydrogen-bond donors (Lipinski definition) is 1. The van der Waals surface area contributed by atoms with Gasteiger partial charge in [-0.3, -0.25) is 0 Å². The SMILES string of the molecule is O=S(=O)(NCCSc1ccc(Cl)cc1)N1CCOCC1. The van der Waals surface area contributed by atoms with Crippen LogP contribution < -0.4 is 4.72 Å². The maximum Gasteiger partial charge on any atom is 0.279 e. The number of thioether (sulfide) groups is 1. The first-order valence-corrected chi connectivity index (χ1v) is 9.09. The lowest BCUT2D eigenvalue weighted by atomic mass is 10.4. The molecule has 0 amide bonds. The van der Waals surface area contributed by atoms with Crippen molar-refractivity contribution < 1.29 is 13.2 Å². The van der Waals surface area contributed by atoms with E-state index in [9.17, 15) is 8.42 Å². The second-order valence-corrected chi connectivity index (χ2v) is 7.57. The van der Waals surface area contributed by atoms with E-state index in [1.54, 1.807) is 11.8 Å². The molecule has 1 saturated heterocycles. The molecular weight excluding hydrogens is 320 g/mol. The number of benzene rings is 1. The van der Waals surface area contributed by atoms with E-state index in [1.807, 2.05) is 24.3 Å². The third kappa shape index (κ3) is 4.91. The molecule has 0 aliphatic carbocycles. The molecule has 1 heterocycles.